The molecule has 0 unspecified atom stereocenters. The van der Waals surface area contributed by atoms with Gasteiger partial charge in [0.1, 0.15) is 31.2 Å². The van der Waals surface area contributed by atoms with Gasteiger partial charge in [0.2, 0.25) is 0 Å². The van der Waals surface area contributed by atoms with E-state index in [0.29, 0.717) is 31.5 Å². The van der Waals surface area contributed by atoms with Crippen molar-refractivity contribution in [1.82, 2.24) is 19.9 Å². The van der Waals surface area contributed by atoms with E-state index in [1.54, 1.807) is 18.5 Å². The molecule has 1 aliphatic heterocycles. The third-order valence-corrected chi connectivity index (χ3v) is 3.97. The smallest absolute Gasteiger partial charge is 0.257 e. The molecule has 8 nitrogen and oxygen atoms in total. The molecule has 0 atom stereocenters. The van der Waals surface area contributed by atoms with Gasteiger partial charge in [-0.1, -0.05) is 0 Å². The van der Waals surface area contributed by atoms with Crippen molar-refractivity contribution in [2.24, 2.45) is 0 Å². The molecular weight excluding hydrogens is 332 g/mol. The van der Waals surface area contributed by atoms with Gasteiger partial charge in [0.25, 0.3) is 5.88 Å². The number of rotatable bonds is 5. The Morgan fingerprint density at radius 3 is 2.85 bits per heavy atom. The summed E-state index contributed by atoms with van der Waals surface area (Å²) in [7, 11) is 0. The Bertz CT molecular complexity index is 900. The van der Waals surface area contributed by atoms with Crippen molar-refractivity contribution in [2.75, 3.05) is 30.8 Å². The minimum Gasteiger partial charge on any atom is -0.484 e. The lowest BCUT2D eigenvalue weighted by Crippen LogP contribution is -2.18. The van der Waals surface area contributed by atoms with E-state index in [-0.39, 0.29) is 0 Å². The van der Waals surface area contributed by atoms with E-state index in [1.807, 2.05) is 18.2 Å². The van der Waals surface area contributed by atoms with Gasteiger partial charge in [0.05, 0.1) is 5.69 Å². The van der Waals surface area contributed by atoms with Gasteiger partial charge in [-0.2, -0.15) is 0 Å². The van der Waals surface area contributed by atoms with Gasteiger partial charge in [0, 0.05) is 36.1 Å². The summed E-state index contributed by atoms with van der Waals surface area (Å²) < 4.78 is 11.2. The van der Waals surface area contributed by atoms with Gasteiger partial charge < -0.3 is 20.5 Å². The highest BCUT2D eigenvalue weighted by Crippen LogP contribution is 2.31. The maximum atomic E-state index is 5.69. The Morgan fingerprint density at radius 1 is 1.04 bits per heavy atom. The monoisotopic (exact) mass is 350 g/mol. The second-order valence-corrected chi connectivity index (χ2v) is 5.74. The molecule has 0 amide bonds. The van der Waals surface area contributed by atoms with Crippen LogP contribution < -0.4 is 20.5 Å². The quantitative estimate of drug-likeness (QED) is 0.719. The molecule has 0 saturated heterocycles. The van der Waals surface area contributed by atoms with Crippen LogP contribution in [-0.4, -0.2) is 39.7 Å². The number of hydrogen-bond acceptors (Lipinski definition) is 8. The number of nitrogens with two attached hydrogens (primary N) is 1. The number of anilines is 2. The van der Waals surface area contributed by atoms with Gasteiger partial charge in [0.15, 0.2) is 5.75 Å². The van der Waals surface area contributed by atoms with Crippen LogP contribution >= 0.6 is 0 Å². The van der Waals surface area contributed by atoms with Crippen LogP contribution in [0.4, 0.5) is 11.6 Å². The summed E-state index contributed by atoms with van der Waals surface area (Å²) >= 11 is 0. The summed E-state index contributed by atoms with van der Waals surface area (Å²) in [6, 6.07) is 7.46. The fourth-order valence-electron chi connectivity index (χ4n) is 2.70. The van der Waals surface area contributed by atoms with E-state index in [4.69, 9.17) is 15.2 Å². The zero-order valence-corrected chi connectivity index (χ0v) is 14.1. The van der Waals surface area contributed by atoms with Crippen LogP contribution in [-0.2, 0) is 6.42 Å². The fourth-order valence-corrected chi connectivity index (χ4v) is 2.70. The van der Waals surface area contributed by atoms with E-state index in [1.165, 1.54) is 6.33 Å². The molecule has 3 N–H and O–H groups in total. The highest BCUT2D eigenvalue weighted by atomic mass is 16.6. The van der Waals surface area contributed by atoms with Crippen molar-refractivity contribution < 1.29 is 9.47 Å². The molecule has 1 aliphatic rings. The fraction of sp³-hybridized carbons (Fsp3) is 0.222. The molecule has 132 valence electrons. The average Bonchev–Trinajstić information content (AvgIpc) is 2.69. The normalized spacial score (nSPS) is 12.6. The average molecular weight is 350 g/mol. The highest BCUT2D eigenvalue weighted by Gasteiger charge is 2.16. The number of hydrogen-bond donors (Lipinski definition) is 2. The van der Waals surface area contributed by atoms with Crippen molar-refractivity contribution in [3.63, 3.8) is 0 Å². The molecule has 3 aromatic rings. The first kappa shape index (κ1) is 16.1. The SMILES string of the molecule is Nc1ccc(-c2cc(NCCc3ccnc4c3OCCO4)ncn2)cn1. The topological polar surface area (TPSA) is 108 Å². The second-order valence-electron chi connectivity index (χ2n) is 5.74. The van der Waals surface area contributed by atoms with Crippen molar-refractivity contribution >= 4 is 11.6 Å². The summed E-state index contributed by atoms with van der Waals surface area (Å²) in [6.07, 6.45) is 5.72. The first-order chi connectivity index (χ1) is 12.8. The summed E-state index contributed by atoms with van der Waals surface area (Å²) in [6.45, 7) is 1.77. The predicted molar refractivity (Wildman–Crippen MR) is 97.1 cm³/mol. The van der Waals surface area contributed by atoms with Crippen molar-refractivity contribution in [3.05, 3.63) is 48.5 Å². The molecule has 0 aromatic carbocycles. The van der Waals surface area contributed by atoms with Crippen molar-refractivity contribution in [1.29, 1.82) is 0 Å². The molecule has 8 heteroatoms. The number of pyridine rings is 2. The molecular formula is C18H18N6O2. The van der Waals surface area contributed by atoms with E-state index in [0.717, 1.165) is 34.8 Å². The van der Waals surface area contributed by atoms with Crippen LogP contribution in [0.25, 0.3) is 11.3 Å². The summed E-state index contributed by atoms with van der Waals surface area (Å²) in [4.78, 5) is 16.8. The van der Waals surface area contributed by atoms with Gasteiger partial charge >= 0.3 is 0 Å². The maximum Gasteiger partial charge on any atom is 0.257 e. The van der Waals surface area contributed by atoms with E-state index in [9.17, 15) is 0 Å². The maximum absolute atomic E-state index is 5.69. The Labute approximate surface area is 150 Å². The van der Waals surface area contributed by atoms with Crippen molar-refractivity contribution in [2.45, 2.75) is 6.42 Å². The third-order valence-electron chi connectivity index (χ3n) is 3.97. The molecule has 0 radical (unpaired) electrons. The molecule has 0 bridgehead atoms. The van der Waals surface area contributed by atoms with Gasteiger partial charge in [-0.25, -0.2) is 19.9 Å². The molecule has 0 spiro atoms. The molecule has 0 saturated carbocycles. The lowest BCUT2D eigenvalue weighted by Gasteiger charge is -2.19. The van der Waals surface area contributed by atoms with Crippen LogP contribution in [0.2, 0.25) is 0 Å². The lowest BCUT2D eigenvalue weighted by atomic mass is 10.1. The van der Waals surface area contributed by atoms with Crippen LogP contribution in [0.3, 0.4) is 0 Å². The number of aromatic nitrogens is 4. The lowest BCUT2D eigenvalue weighted by molar-refractivity contribution is 0.163. The van der Waals surface area contributed by atoms with Crippen LogP contribution in [0, 0.1) is 0 Å². The molecule has 0 fully saturated rings. The minimum atomic E-state index is 0.480. The second kappa shape index (κ2) is 7.22. The minimum absolute atomic E-state index is 0.480. The van der Waals surface area contributed by atoms with Crippen LogP contribution in [0.5, 0.6) is 11.6 Å². The number of nitrogen functional groups attached to an aromatic ring is 1. The number of nitrogens with zero attached hydrogens (tertiary/aromatic N) is 4. The summed E-state index contributed by atoms with van der Waals surface area (Å²) in [5.74, 6) is 2.52. The molecule has 4 rings (SSSR count). The Morgan fingerprint density at radius 2 is 1.96 bits per heavy atom. The predicted octanol–water partition coefficient (Wildman–Crippen LogP) is 1.94. The first-order valence-corrected chi connectivity index (χ1v) is 8.31. The largest absolute Gasteiger partial charge is 0.484 e. The van der Waals surface area contributed by atoms with E-state index in [2.05, 4.69) is 25.3 Å². The molecule has 0 aliphatic carbocycles. The van der Waals surface area contributed by atoms with Gasteiger partial charge in [-0.3, -0.25) is 0 Å². The first-order valence-electron chi connectivity index (χ1n) is 8.31. The zero-order valence-electron chi connectivity index (χ0n) is 14.1. The van der Waals surface area contributed by atoms with Crippen molar-refractivity contribution in [3.8, 4) is 22.9 Å². The number of nitrogens with one attached hydrogen (secondary N) is 1. The number of fused-ring (bicyclic) bond motifs is 1. The Hall–Kier alpha value is -3.42. The Kier molecular flexibility index (Phi) is 4.46. The summed E-state index contributed by atoms with van der Waals surface area (Å²) in [5, 5.41) is 3.31. The van der Waals surface area contributed by atoms with E-state index >= 15 is 0 Å². The van der Waals surface area contributed by atoms with E-state index < -0.39 is 0 Å². The van der Waals surface area contributed by atoms with Gasteiger partial charge in [-0.15, -0.1) is 0 Å². The molecule has 3 aromatic heterocycles. The third kappa shape index (κ3) is 3.49. The standard InChI is InChI=1S/C18H18N6O2/c19-15-2-1-13(10-22-15)14-9-16(24-11-23-14)20-5-3-12-4-6-21-18-17(12)25-7-8-26-18/h1-2,4,6,9-11H,3,5,7-8H2,(H2,19,22)(H,20,23,24). The Balaban J connectivity index is 1.43. The molecule has 4 heterocycles. The van der Waals surface area contributed by atoms with Gasteiger partial charge in [-0.05, 0) is 24.6 Å². The van der Waals surface area contributed by atoms with Crippen LogP contribution in [0.1, 0.15) is 5.56 Å². The molecule has 26 heavy (non-hydrogen) atoms. The zero-order chi connectivity index (χ0) is 17.8. The summed E-state index contributed by atoms with van der Waals surface area (Å²) in [5.41, 5.74) is 8.35. The highest BCUT2D eigenvalue weighted by molar-refractivity contribution is 5.62. The number of ether oxygens (including phenoxy) is 2. The van der Waals surface area contributed by atoms with Crippen LogP contribution in [0.15, 0.2) is 43.0 Å².